The van der Waals surface area contributed by atoms with Gasteiger partial charge in [0.05, 0.1) is 14.2 Å². The van der Waals surface area contributed by atoms with E-state index in [1.54, 1.807) is 0 Å². The second kappa shape index (κ2) is 5.86. The monoisotopic (exact) mass is 250 g/mol. The molecule has 0 aliphatic rings. The molecule has 0 fully saturated rings. The van der Waals surface area contributed by atoms with Crippen molar-refractivity contribution in [2.75, 3.05) is 14.2 Å². The van der Waals surface area contributed by atoms with Gasteiger partial charge in [0, 0.05) is 12.5 Å². The van der Waals surface area contributed by atoms with Crippen LogP contribution in [0.15, 0.2) is 24.8 Å². The number of hydrogen-bond acceptors (Lipinski definition) is 5. The van der Waals surface area contributed by atoms with Crippen molar-refractivity contribution in [1.29, 1.82) is 0 Å². The van der Waals surface area contributed by atoms with Crippen LogP contribution >= 0.6 is 0 Å². The van der Waals surface area contributed by atoms with Crippen LogP contribution in [0.4, 0.5) is 0 Å². The van der Waals surface area contributed by atoms with Crippen molar-refractivity contribution in [1.82, 2.24) is 0 Å². The highest BCUT2D eigenvalue weighted by Gasteiger charge is 2.17. The Balaban J connectivity index is 3.37. The maximum atomic E-state index is 11.5. The Bertz CT molecular complexity index is 465. The highest BCUT2D eigenvalue weighted by atomic mass is 16.6. The zero-order valence-corrected chi connectivity index (χ0v) is 10.5. The first kappa shape index (κ1) is 13.8. The van der Waals surface area contributed by atoms with Gasteiger partial charge in [-0.05, 0) is 18.2 Å². The van der Waals surface area contributed by atoms with E-state index in [-0.39, 0.29) is 23.0 Å². The number of benzene rings is 1. The highest BCUT2D eigenvalue weighted by Crippen LogP contribution is 2.38. The topological polar surface area (TPSA) is 61.8 Å². The smallest absolute Gasteiger partial charge is 0.308 e. The molecule has 0 spiro atoms. The molecule has 96 valence electrons. The fourth-order valence-corrected chi connectivity index (χ4v) is 1.38. The van der Waals surface area contributed by atoms with Crippen LogP contribution in [0.3, 0.4) is 0 Å². The van der Waals surface area contributed by atoms with Crippen molar-refractivity contribution in [3.63, 3.8) is 0 Å². The number of carbonyl (C=O) groups excluding carboxylic acids is 2. The minimum absolute atomic E-state index is 0.146. The Kier molecular flexibility index (Phi) is 4.48. The predicted octanol–water partition coefficient (Wildman–Crippen LogP) is 2.00. The quantitative estimate of drug-likeness (QED) is 0.346. The van der Waals surface area contributed by atoms with Gasteiger partial charge in [-0.2, -0.15) is 0 Å². The van der Waals surface area contributed by atoms with Crippen molar-refractivity contribution in [3.8, 4) is 17.2 Å². The average molecular weight is 250 g/mol. The number of esters is 1. The summed E-state index contributed by atoms with van der Waals surface area (Å²) < 4.78 is 15.2. The van der Waals surface area contributed by atoms with Crippen molar-refractivity contribution >= 4 is 11.8 Å². The molecule has 0 aliphatic carbocycles. The Hall–Kier alpha value is -2.30. The maximum absolute atomic E-state index is 11.5. The molecular formula is C13H14O5. The molecule has 5 nitrogen and oxygen atoms in total. The Morgan fingerprint density at radius 3 is 2.00 bits per heavy atom. The van der Waals surface area contributed by atoms with Gasteiger partial charge in [-0.3, -0.25) is 9.59 Å². The molecule has 0 amide bonds. The van der Waals surface area contributed by atoms with Gasteiger partial charge in [0.1, 0.15) is 0 Å². The molecule has 1 rings (SSSR count). The number of allylic oxidation sites excluding steroid dienone is 1. The summed E-state index contributed by atoms with van der Waals surface area (Å²) in [5.41, 5.74) is 0.342. The minimum atomic E-state index is -0.505. The summed E-state index contributed by atoms with van der Waals surface area (Å²) in [6.45, 7) is 4.67. The summed E-state index contributed by atoms with van der Waals surface area (Å²) >= 11 is 0. The molecule has 5 heteroatoms. The second-order valence-corrected chi connectivity index (χ2v) is 3.37. The SMILES string of the molecule is C=CC(=O)c1cc(OC)c(OC(C)=O)c(OC)c1. The first-order chi connectivity index (χ1) is 8.53. The second-order valence-electron chi connectivity index (χ2n) is 3.37. The lowest BCUT2D eigenvalue weighted by molar-refractivity contribution is -0.132. The van der Waals surface area contributed by atoms with E-state index in [9.17, 15) is 9.59 Å². The fraction of sp³-hybridized carbons (Fsp3) is 0.231. The number of hydrogen-bond donors (Lipinski definition) is 0. The van der Waals surface area contributed by atoms with Gasteiger partial charge in [-0.1, -0.05) is 6.58 Å². The van der Waals surface area contributed by atoms with Gasteiger partial charge in [-0.15, -0.1) is 0 Å². The van der Waals surface area contributed by atoms with E-state index in [4.69, 9.17) is 14.2 Å². The molecule has 18 heavy (non-hydrogen) atoms. The van der Waals surface area contributed by atoms with Crippen molar-refractivity contribution in [2.45, 2.75) is 6.92 Å². The maximum Gasteiger partial charge on any atom is 0.308 e. The highest BCUT2D eigenvalue weighted by molar-refractivity contribution is 6.05. The summed E-state index contributed by atoms with van der Waals surface area (Å²) in [5.74, 6) is -0.145. The van der Waals surface area contributed by atoms with E-state index in [2.05, 4.69) is 6.58 Å². The van der Waals surface area contributed by atoms with Crippen LogP contribution in [-0.4, -0.2) is 26.0 Å². The molecule has 0 aromatic heterocycles. The van der Waals surface area contributed by atoms with Crippen LogP contribution in [0.1, 0.15) is 17.3 Å². The van der Waals surface area contributed by atoms with Crippen LogP contribution in [-0.2, 0) is 4.79 Å². The lowest BCUT2D eigenvalue weighted by atomic mass is 10.1. The molecule has 1 aromatic carbocycles. The molecule has 0 radical (unpaired) electrons. The third kappa shape index (κ3) is 2.88. The Morgan fingerprint density at radius 1 is 1.17 bits per heavy atom. The Labute approximate surface area is 105 Å². The summed E-state index contributed by atoms with van der Waals surface area (Å²) in [7, 11) is 2.81. The summed E-state index contributed by atoms with van der Waals surface area (Å²) in [6, 6.07) is 2.93. The molecule has 0 N–H and O–H groups in total. The van der Waals surface area contributed by atoms with E-state index in [0.29, 0.717) is 5.56 Å². The van der Waals surface area contributed by atoms with Crippen LogP contribution in [0.2, 0.25) is 0 Å². The zero-order chi connectivity index (χ0) is 13.7. The molecule has 0 unspecified atom stereocenters. The number of rotatable bonds is 5. The summed E-state index contributed by atoms with van der Waals surface area (Å²) in [4.78, 5) is 22.6. The van der Waals surface area contributed by atoms with Gasteiger partial charge in [0.2, 0.25) is 5.75 Å². The molecule has 0 atom stereocenters. The van der Waals surface area contributed by atoms with Crippen LogP contribution < -0.4 is 14.2 Å². The molecule has 0 saturated carbocycles. The van der Waals surface area contributed by atoms with Gasteiger partial charge in [-0.25, -0.2) is 0 Å². The van der Waals surface area contributed by atoms with E-state index >= 15 is 0 Å². The lowest BCUT2D eigenvalue weighted by Crippen LogP contribution is -2.06. The number of carbonyl (C=O) groups is 2. The van der Waals surface area contributed by atoms with Crippen LogP contribution in [0, 0.1) is 0 Å². The first-order valence-corrected chi connectivity index (χ1v) is 5.14. The van der Waals surface area contributed by atoms with E-state index in [1.165, 1.54) is 39.4 Å². The van der Waals surface area contributed by atoms with E-state index < -0.39 is 5.97 Å². The third-order valence-electron chi connectivity index (χ3n) is 2.18. The molecular weight excluding hydrogens is 236 g/mol. The minimum Gasteiger partial charge on any atom is -0.493 e. The van der Waals surface area contributed by atoms with Crippen molar-refractivity contribution in [3.05, 3.63) is 30.4 Å². The van der Waals surface area contributed by atoms with Gasteiger partial charge in [0.15, 0.2) is 17.3 Å². The van der Waals surface area contributed by atoms with Crippen LogP contribution in [0.25, 0.3) is 0 Å². The average Bonchev–Trinajstić information content (AvgIpc) is 2.37. The van der Waals surface area contributed by atoms with Gasteiger partial charge in [0.25, 0.3) is 0 Å². The summed E-state index contributed by atoms with van der Waals surface area (Å²) in [5, 5.41) is 0. The van der Waals surface area contributed by atoms with Crippen LogP contribution in [0.5, 0.6) is 17.2 Å². The number of ketones is 1. The van der Waals surface area contributed by atoms with Crippen molar-refractivity contribution in [2.24, 2.45) is 0 Å². The molecule has 1 aromatic rings. The van der Waals surface area contributed by atoms with Gasteiger partial charge < -0.3 is 14.2 Å². The normalized spacial score (nSPS) is 9.50. The largest absolute Gasteiger partial charge is 0.493 e. The van der Waals surface area contributed by atoms with E-state index in [0.717, 1.165) is 0 Å². The van der Waals surface area contributed by atoms with Crippen molar-refractivity contribution < 1.29 is 23.8 Å². The standard InChI is InChI=1S/C13H14O5/c1-5-10(15)9-6-11(16-3)13(18-8(2)14)12(7-9)17-4/h5-7H,1H2,2-4H3. The first-order valence-electron chi connectivity index (χ1n) is 5.14. The third-order valence-corrected chi connectivity index (χ3v) is 2.18. The van der Waals surface area contributed by atoms with Gasteiger partial charge >= 0.3 is 5.97 Å². The predicted molar refractivity (Wildman–Crippen MR) is 65.4 cm³/mol. The molecule has 0 saturated heterocycles. The molecule has 0 aliphatic heterocycles. The molecule has 0 heterocycles. The molecule has 0 bridgehead atoms. The lowest BCUT2D eigenvalue weighted by Gasteiger charge is -2.13. The fourth-order valence-electron chi connectivity index (χ4n) is 1.38. The summed E-state index contributed by atoms with van der Waals surface area (Å²) in [6.07, 6.45) is 1.18. The Morgan fingerprint density at radius 2 is 1.67 bits per heavy atom. The zero-order valence-electron chi connectivity index (χ0n) is 10.5. The number of ether oxygens (including phenoxy) is 3. The van der Waals surface area contributed by atoms with E-state index in [1.807, 2.05) is 0 Å². The number of methoxy groups -OCH3 is 2.